The van der Waals surface area contributed by atoms with Gasteiger partial charge in [-0.25, -0.2) is 19.1 Å². The molecule has 17 heteroatoms. The molecule has 0 aliphatic rings. The Balaban J connectivity index is 1.60. The summed E-state index contributed by atoms with van der Waals surface area (Å²) in [4.78, 5) is 58.0. The molecule has 16 nitrogen and oxygen atoms in total. The summed E-state index contributed by atoms with van der Waals surface area (Å²) in [5, 5.41) is 39.5. The van der Waals surface area contributed by atoms with Gasteiger partial charge in [0.15, 0.2) is 5.78 Å². The van der Waals surface area contributed by atoms with Gasteiger partial charge < -0.3 is 40.2 Å². The van der Waals surface area contributed by atoms with Gasteiger partial charge in [-0.3, -0.25) is 14.0 Å². The molecule has 0 fully saturated rings. The molecule has 46 heavy (non-hydrogen) atoms. The molecule has 2 amide bonds. The predicted molar refractivity (Wildman–Crippen MR) is 157 cm³/mol. The van der Waals surface area contributed by atoms with Crippen molar-refractivity contribution in [2.75, 3.05) is 46.3 Å². The van der Waals surface area contributed by atoms with Crippen molar-refractivity contribution in [3.05, 3.63) is 47.3 Å². The van der Waals surface area contributed by atoms with Crippen LogP contribution in [0.15, 0.2) is 30.5 Å². The SMILES string of the molecule is O=C(O)CC[C@H](NC(=O)N[C@@H](Cc1ccc(CC(=O)COCCOCCOCCn2cc(CCCF)nn2)cc1)C(=O)O)C(=O)O. The number of carbonyl (C=O) groups is 5. The fourth-order valence-electron chi connectivity index (χ4n) is 3.99. The number of nitrogens with one attached hydrogen (secondary N) is 2. The minimum Gasteiger partial charge on any atom is -0.481 e. The average molecular weight is 654 g/mol. The van der Waals surface area contributed by atoms with E-state index in [0.29, 0.717) is 50.3 Å². The number of ketones is 1. The molecule has 0 spiro atoms. The number of amides is 2. The van der Waals surface area contributed by atoms with Crippen molar-refractivity contribution >= 4 is 29.7 Å². The van der Waals surface area contributed by atoms with E-state index < -0.39 is 42.4 Å². The summed E-state index contributed by atoms with van der Waals surface area (Å²) >= 11 is 0. The molecule has 0 aliphatic heterocycles. The van der Waals surface area contributed by atoms with Gasteiger partial charge in [0.05, 0.1) is 51.9 Å². The number of aromatic nitrogens is 3. The highest BCUT2D eigenvalue weighted by Crippen LogP contribution is 2.09. The molecule has 5 N–H and O–H groups in total. The first kappa shape index (κ1) is 37.7. The molecular formula is C29H40FN5O11. The first-order chi connectivity index (χ1) is 22.1. The standard InChI is InChI=1S/C29H40FN5O11/c30-9-1-2-22-18-35(34-33-22)10-11-44-12-13-45-14-15-46-19-23(36)16-20-3-5-21(6-4-20)17-25(28(41)42)32-29(43)31-24(27(39)40)7-8-26(37)38/h3-6,18,24-25H,1-2,7-17,19H2,(H,37,38)(H,39,40)(H,41,42)(H2,31,32,43)/t24-,25-/m0/s1. The number of carboxylic acids is 3. The molecule has 254 valence electrons. The summed E-state index contributed by atoms with van der Waals surface area (Å²) in [6.07, 6.45) is 1.84. The quantitative estimate of drug-likeness (QED) is 0.0929. The van der Waals surface area contributed by atoms with E-state index in [1.807, 2.05) is 0 Å². The lowest BCUT2D eigenvalue weighted by atomic mass is 10.0. The van der Waals surface area contributed by atoms with Crippen LogP contribution in [-0.4, -0.2) is 118 Å². The Morgan fingerprint density at radius 1 is 0.848 bits per heavy atom. The topological polar surface area (TPSA) is 228 Å². The Kier molecular flexibility index (Phi) is 17.5. The van der Waals surface area contributed by atoms with Gasteiger partial charge in [-0.2, -0.15) is 0 Å². The molecule has 2 atom stereocenters. The number of carboxylic acid groups (broad SMARTS) is 3. The van der Waals surface area contributed by atoms with Gasteiger partial charge in [0.25, 0.3) is 0 Å². The number of urea groups is 1. The first-order valence-electron chi connectivity index (χ1n) is 14.6. The smallest absolute Gasteiger partial charge is 0.326 e. The Labute approximate surface area is 264 Å². The lowest BCUT2D eigenvalue weighted by Crippen LogP contribution is -2.51. The van der Waals surface area contributed by atoms with Gasteiger partial charge in [0.2, 0.25) is 0 Å². The summed E-state index contributed by atoms with van der Waals surface area (Å²) in [7, 11) is 0. The predicted octanol–water partition coefficient (Wildman–Crippen LogP) is 0.655. The second kappa shape index (κ2) is 21.3. The van der Waals surface area contributed by atoms with Gasteiger partial charge in [-0.1, -0.05) is 29.5 Å². The summed E-state index contributed by atoms with van der Waals surface area (Å²) in [5.41, 5.74) is 1.96. The average Bonchev–Trinajstić information content (AvgIpc) is 3.46. The number of rotatable bonds is 25. The number of nitrogens with zero attached hydrogens (tertiary/aromatic N) is 3. The highest BCUT2D eigenvalue weighted by Gasteiger charge is 2.25. The van der Waals surface area contributed by atoms with E-state index in [-0.39, 0.29) is 51.5 Å². The number of benzene rings is 1. The van der Waals surface area contributed by atoms with Crippen LogP contribution in [0.1, 0.15) is 36.1 Å². The Hall–Kier alpha value is -4.48. The molecule has 0 radical (unpaired) electrons. The number of hydrogen-bond donors (Lipinski definition) is 5. The maximum atomic E-state index is 12.3. The number of aryl methyl sites for hydroxylation is 1. The van der Waals surface area contributed by atoms with E-state index in [1.165, 1.54) is 0 Å². The van der Waals surface area contributed by atoms with Crippen molar-refractivity contribution < 1.29 is 57.9 Å². The lowest BCUT2D eigenvalue weighted by Gasteiger charge is -2.18. The van der Waals surface area contributed by atoms with Crippen LogP contribution < -0.4 is 10.6 Å². The molecule has 0 aliphatic carbocycles. The van der Waals surface area contributed by atoms with Crippen molar-refractivity contribution in [1.29, 1.82) is 0 Å². The van der Waals surface area contributed by atoms with E-state index in [9.17, 15) is 33.5 Å². The molecule has 0 saturated heterocycles. The van der Waals surface area contributed by atoms with Crippen LogP contribution in [0.4, 0.5) is 9.18 Å². The van der Waals surface area contributed by atoms with Crippen LogP contribution in [0.2, 0.25) is 0 Å². The van der Waals surface area contributed by atoms with Gasteiger partial charge >= 0.3 is 23.9 Å². The van der Waals surface area contributed by atoms with Crippen LogP contribution in [0.3, 0.4) is 0 Å². The van der Waals surface area contributed by atoms with E-state index in [0.717, 1.165) is 5.69 Å². The minimum absolute atomic E-state index is 0.0913. The molecule has 1 heterocycles. The first-order valence-corrected chi connectivity index (χ1v) is 14.6. The minimum atomic E-state index is -1.50. The Morgan fingerprint density at radius 2 is 1.46 bits per heavy atom. The maximum Gasteiger partial charge on any atom is 0.326 e. The monoisotopic (exact) mass is 653 g/mol. The zero-order valence-corrected chi connectivity index (χ0v) is 25.3. The Morgan fingerprint density at radius 3 is 2.09 bits per heavy atom. The molecule has 2 aromatic rings. The van der Waals surface area contributed by atoms with Crippen molar-refractivity contribution in [2.24, 2.45) is 0 Å². The normalized spacial score (nSPS) is 12.3. The van der Waals surface area contributed by atoms with Gasteiger partial charge in [-0.15, -0.1) is 5.10 Å². The second-order valence-electron chi connectivity index (χ2n) is 10.1. The number of alkyl halides is 1. The third-order valence-corrected chi connectivity index (χ3v) is 6.34. The van der Waals surface area contributed by atoms with Gasteiger partial charge in [-0.05, 0) is 30.4 Å². The molecule has 0 unspecified atom stereocenters. The fraction of sp³-hybridized carbons (Fsp3) is 0.552. The van der Waals surface area contributed by atoms with Crippen molar-refractivity contribution in [3.63, 3.8) is 0 Å². The molecule has 1 aromatic heterocycles. The van der Waals surface area contributed by atoms with Crippen LogP contribution in [-0.2, 0) is 59.2 Å². The summed E-state index contributed by atoms with van der Waals surface area (Å²) < 4.78 is 30.1. The van der Waals surface area contributed by atoms with Crippen LogP contribution in [0.25, 0.3) is 0 Å². The van der Waals surface area contributed by atoms with Crippen molar-refractivity contribution in [3.8, 4) is 0 Å². The number of halogens is 1. The van der Waals surface area contributed by atoms with Gasteiger partial charge in [0, 0.05) is 25.5 Å². The summed E-state index contributed by atoms with van der Waals surface area (Å²) in [6, 6.07) is 2.56. The van der Waals surface area contributed by atoms with Crippen LogP contribution >= 0.6 is 0 Å². The van der Waals surface area contributed by atoms with E-state index in [1.54, 1.807) is 35.1 Å². The highest BCUT2D eigenvalue weighted by molar-refractivity contribution is 5.86. The number of aliphatic carboxylic acids is 3. The van der Waals surface area contributed by atoms with Crippen LogP contribution in [0.5, 0.6) is 0 Å². The molecule has 0 saturated carbocycles. The largest absolute Gasteiger partial charge is 0.481 e. The number of hydrogen-bond acceptors (Lipinski definition) is 10. The highest BCUT2D eigenvalue weighted by atomic mass is 19.1. The third-order valence-electron chi connectivity index (χ3n) is 6.34. The third kappa shape index (κ3) is 16.0. The van der Waals surface area contributed by atoms with Crippen LogP contribution in [0, 0.1) is 0 Å². The zero-order valence-electron chi connectivity index (χ0n) is 25.3. The van der Waals surface area contributed by atoms with Crippen molar-refractivity contribution in [1.82, 2.24) is 25.6 Å². The molecular weight excluding hydrogens is 613 g/mol. The summed E-state index contributed by atoms with van der Waals surface area (Å²) in [6.45, 7) is 1.65. The van der Waals surface area contributed by atoms with E-state index >= 15 is 0 Å². The zero-order chi connectivity index (χ0) is 33.7. The Bertz CT molecular complexity index is 1260. The van der Waals surface area contributed by atoms with E-state index in [2.05, 4.69) is 20.9 Å². The van der Waals surface area contributed by atoms with Gasteiger partial charge in [0.1, 0.15) is 18.7 Å². The van der Waals surface area contributed by atoms with E-state index in [4.69, 9.17) is 24.4 Å². The number of ether oxygens (including phenoxy) is 3. The molecule has 0 bridgehead atoms. The molecule has 2 rings (SSSR count). The number of carbonyl (C=O) groups excluding carboxylic acids is 2. The number of Topliss-reactive ketones (excluding diaryl/α,β-unsaturated/α-hetero) is 1. The lowest BCUT2D eigenvalue weighted by molar-refractivity contribution is -0.140. The second-order valence-corrected chi connectivity index (χ2v) is 10.1. The molecule has 1 aromatic carbocycles. The fourth-order valence-corrected chi connectivity index (χ4v) is 3.99. The maximum absolute atomic E-state index is 12.3. The summed E-state index contributed by atoms with van der Waals surface area (Å²) in [5.74, 6) is -4.22. The van der Waals surface area contributed by atoms with Crippen molar-refractivity contribution in [2.45, 2.75) is 57.2 Å².